The number of nitrogens with zero attached hydrogens (tertiary/aromatic N) is 2. The van der Waals surface area contributed by atoms with Crippen molar-refractivity contribution in [3.05, 3.63) is 46.3 Å². The fraction of sp³-hybridized carbons (Fsp3) is 0.278. The number of nitro groups is 1. The molecule has 2 aromatic rings. The molecule has 0 spiro atoms. The number of nitrogens with one attached hydrogen (secondary N) is 2. The summed E-state index contributed by atoms with van der Waals surface area (Å²) in [6, 6.07) is 4.52. The molecule has 2 N–H and O–H groups in total. The van der Waals surface area contributed by atoms with E-state index in [2.05, 4.69) is 15.6 Å². The molecule has 1 heterocycles. The standard InChI is InChI=1S/C18H20N4O7/c1-27-13-9-12(15(22(25)26)17(29-3)16(13)28-2)18(24)20-8-6-14(23)21-11-5-4-7-19-10-11/h4-5,7,9-10H,6,8H2,1-3H3,(H,20,24)(H,21,23). The van der Waals surface area contributed by atoms with E-state index < -0.39 is 16.5 Å². The highest BCUT2D eigenvalue weighted by atomic mass is 16.6. The average molecular weight is 404 g/mol. The average Bonchev–Trinajstić information content (AvgIpc) is 2.72. The van der Waals surface area contributed by atoms with Crippen LogP contribution in [0.2, 0.25) is 0 Å². The number of hydrogen-bond acceptors (Lipinski definition) is 8. The van der Waals surface area contributed by atoms with Crippen molar-refractivity contribution in [2.75, 3.05) is 33.2 Å². The van der Waals surface area contributed by atoms with E-state index in [0.717, 1.165) is 0 Å². The van der Waals surface area contributed by atoms with Gasteiger partial charge in [0.2, 0.25) is 17.4 Å². The van der Waals surface area contributed by atoms with Gasteiger partial charge in [0.05, 0.1) is 38.1 Å². The molecule has 2 rings (SSSR count). The van der Waals surface area contributed by atoms with Crippen molar-refractivity contribution in [1.82, 2.24) is 10.3 Å². The third-order valence-corrected chi connectivity index (χ3v) is 3.81. The molecule has 11 nitrogen and oxygen atoms in total. The maximum Gasteiger partial charge on any atom is 0.327 e. The minimum absolute atomic E-state index is 0.00546. The lowest BCUT2D eigenvalue weighted by Gasteiger charge is -2.14. The van der Waals surface area contributed by atoms with Gasteiger partial charge in [-0.2, -0.15) is 0 Å². The molecule has 0 saturated carbocycles. The molecule has 1 aromatic carbocycles. The van der Waals surface area contributed by atoms with Crippen LogP contribution >= 0.6 is 0 Å². The van der Waals surface area contributed by atoms with Crippen LogP contribution in [-0.2, 0) is 4.79 Å². The lowest BCUT2D eigenvalue weighted by molar-refractivity contribution is -0.386. The Balaban J connectivity index is 2.15. The van der Waals surface area contributed by atoms with Crippen molar-refractivity contribution in [3.8, 4) is 17.2 Å². The molecule has 0 atom stereocenters. The number of nitro benzene ring substituents is 1. The van der Waals surface area contributed by atoms with E-state index in [1.54, 1.807) is 18.3 Å². The van der Waals surface area contributed by atoms with Crippen molar-refractivity contribution in [1.29, 1.82) is 0 Å². The first-order valence-electron chi connectivity index (χ1n) is 8.38. The van der Waals surface area contributed by atoms with Crippen LogP contribution < -0.4 is 24.8 Å². The first-order valence-corrected chi connectivity index (χ1v) is 8.38. The number of methoxy groups -OCH3 is 3. The van der Waals surface area contributed by atoms with Gasteiger partial charge in [-0.15, -0.1) is 0 Å². The highest BCUT2D eigenvalue weighted by Gasteiger charge is 2.32. The number of pyridine rings is 1. The van der Waals surface area contributed by atoms with Gasteiger partial charge in [-0.1, -0.05) is 0 Å². The largest absolute Gasteiger partial charge is 0.493 e. The molecule has 0 aliphatic rings. The fourth-order valence-corrected chi connectivity index (χ4v) is 2.54. The molecule has 154 valence electrons. The van der Waals surface area contributed by atoms with E-state index in [1.807, 2.05) is 0 Å². The molecule has 2 amide bonds. The van der Waals surface area contributed by atoms with E-state index in [1.165, 1.54) is 33.6 Å². The first kappa shape index (κ1) is 21.4. The summed E-state index contributed by atoms with van der Waals surface area (Å²) < 4.78 is 15.3. The number of ether oxygens (including phenoxy) is 3. The lowest BCUT2D eigenvalue weighted by Crippen LogP contribution is -2.28. The van der Waals surface area contributed by atoms with Crippen molar-refractivity contribution in [3.63, 3.8) is 0 Å². The Bertz CT molecular complexity index is 903. The summed E-state index contributed by atoms with van der Waals surface area (Å²) in [7, 11) is 3.84. The molecule has 0 aliphatic heterocycles. The summed E-state index contributed by atoms with van der Waals surface area (Å²) in [4.78, 5) is 39.1. The molecule has 0 bridgehead atoms. The highest BCUT2D eigenvalue weighted by Crippen LogP contribution is 2.46. The van der Waals surface area contributed by atoms with Gasteiger partial charge in [0.1, 0.15) is 5.56 Å². The minimum atomic E-state index is -0.759. The molecule has 1 aromatic heterocycles. The number of rotatable bonds is 9. The SMILES string of the molecule is COc1cc(C(=O)NCCC(=O)Nc2cccnc2)c([N+](=O)[O-])c(OC)c1OC. The van der Waals surface area contributed by atoms with Crippen LogP contribution in [0.4, 0.5) is 11.4 Å². The van der Waals surface area contributed by atoms with Gasteiger partial charge in [-0.25, -0.2) is 0 Å². The van der Waals surface area contributed by atoms with Crippen LogP contribution in [0.15, 0.2) is 30.6 Å². The topological polar surface area (TPSA) is 142 Å². The Morgan fingerprint density at radius 2 is 1.90 bits per heavy atom. The van der Waals surface area contributed by atoms with Gasteiger partial charge in [0.15, 0.2) is 5.75 Å². The van der Waals surface area contributed by atoms with Crippen LogP contribution in [0.25, 0.3) is 0 Å². The Morgan fingerprint density at radius 1 is 1.17 bits per heavy atom. The highest BCUT2D eigenvalue weighted by molar-refractivity contribution is 6.01. The molecule has 11 heteroatoms. The smallest absolute Gasteiger partial charge is 0.327 e. The zero-order valence-electron chi connectivity index (χ0n) is 16.1. The normalized spacial score (nSPS) is 10.0. The van der Waals surface area contributed by atoms with E-state index in [0.29, 0.717) is 5.69 Å². The second-order valence-corrected chi connectivity index (χ2v) is 5.59. The second-order valence-electron chi connectivity index (χ2n) is 5.59. The second kappa shape index (κ2) is 9.88. The Labute approximate surface area is 166 Å². The van der Waals surface area contributed by atoms with Crippen LogP contribution in [0.5, 0.6) is 17.2 Å². The Morgan fingerprint density at radius 3 is 2.45 bits per heavy atom. The molecular weight excluding hydrogens is 384 g/mol. The third-order valence-electron chi connectivity index (χ3n) is 3.81. The summed E-state index contributed by atoms with van der Waals surface area (Å²) in [6.07, 6.45) is 3.01. The maximum atomic E-state index is 12.5. The molecule has 0 radical (unpaired) electrons. The van der Waals surface area contributed by atoms with Crippen LogP contribution in [-0.4, -0.2) is 49.6 Å². The van der Waals surface area contributed by atoms with Gasteiger partial charge in [0.25, 0.3) is 5.91 Å². The molecule has 0 fully saturated rings. The maximum absolute atomic E-state index is 12.5. The molecular formula is C18H20N4O7. The van der Waals surface area contributed by atoms with Gasteiger partial charge < -0.3 is 24.8 Å². The predicted octanol–water partition coefficient (Wildman–Crippen LogP) is 1.77. The summed E-state index contributed by atoms with van der Waals surface area (Å²) in [5.41, 5.74) is -0.330. The number of amides is 2. The number of hydrogen-bond donors (Lipinski definition) is 2. The molecule has 29 heavy (non-hydrogen) atoms. The molecule has 0 aliphatic carbocycles. The van der Waals surface area contributed by atoms with E-state index >= 15 is 0 Å². The van der Waals surface area contributed by atoms with Crippen LogP contribution in [0.3, 0.4) is 0 Å². The molecule has 0 unspecified atom stereocenters. The summed E-state index contributed by atoms with van der Waals surface area (Å²) in [6.45, 7) is -0.0429. The van der Waals surface area contributed by atoms with Gasteiger partial charge >= 0.3 is 5.69 Å². The van der Waals surface area contributed by atoms with E-state index in [4.69, 9.17) is 14.2 Å². The quantitative estimate of drug-likeness (QED) is 0.476. The van der Waals surface area contributed by atoms with Gasteiger partial charge in [-0.3, -0.25) is 24.7 Å². The van der Waals surface area contributed by atoms with E-state index in [-0.39, 0.29) is 41.7 Å². The summed E-state index contributed by atoms with van der Waals surface area (Å²) in [5, 5.41) is 16.6. The van der Waals surface area contributed by atoms with Crippen LogP contribution in [0, 0.1) is 10.1 Å². The van der Waals surface area contributed by atoms with Crippen molar-refractivity contribution in [2.45, 2.75) is 6.42 Å². The third kappa shape index (κ3) is 5.09. The van der Waals surface area contributed by atoms with Gasteiger partial charge in [0, 0.05) is 25.2 Å². The van der Waals surface area contributed by atoms with Gasteiger partial charge in [-0.05, 0) is 12.1 Å². The number of benzene rings is 1. The van der Waals surface area contributed by atoms with Crippen molar-refractivity contribution >= 4 is 23.2 Å². The Kier molecular flexibility index (Phi) is 7.29. The zero-order chi connectivity index (χ0) is 21.4. The zero-order valence-corrected chi connectivity index (χ0v) is 16.1. The number of aromatic nitrogens is 1. The fourth-order valence-electron chi connectivity index (χ4n) is 2.54. The lowest BCUT2D eigenvalue weighted by atomic mass is 10.1. The number of carbonyl (C=O) groups excluding carboxylic acids is 2. The Hall–Kier alpha value is -3.89. The monoisotopic (exact) mass is 404 g/mol. The van der Waals surface area contributed by atoms with Crippen molar-refractivity contribution in [2.24, 2.45) is 0 Å². The minimum Gasteiger partial charge on any atom is -0.493 e. The van der Waals surface area contributed by atoms with Crippen molar-refractivity contribution < 1.29 is 28.7 Å². The van der Waals surface area contributed by atoms with Crippen LogP contribution in [0.1, 0.15) is 16.8 Å². The summed E-state index contributed by atoms with van der Waals surface area (Å²) in [5.74, 6) is -1.26. The first-order chi connectivity index (χ1) is 13.9. The molecule has 0 saturated heterocycles. The predicted molar refractivity (Wildman–Crippen MR) is 103 cm³/mol. The van der Waals surface area contributed by atoms with E-state index in [9.17, 15) is 19.7 Å². The number of carbonyl (C=O) groups is 2. The summed E-state index contributed by atoms with van der Waals surface area (Å²) >= 11 is 0. The number of anilines is 1.